The molecule has 0 heteroatoms. The molecule has 48 heavy (non-hydrogen) atoms. The molecule has 6 aromatic rings. The third kappa shape index (κ3) is 4.61. The minimum absolute atomic E-state index is 0.456. The molecule has 6 aromatic carbocycles. The van der Waals surface area contributed by atoms with Crippen molar-refractivity contribution in [3.63, 3.8) is 0 Å². The van der Waals surface area contributed by atoms with Crippen LogP contribution in [-0.2, 0) is 11.8 Å². The molecule has 0 N–H and O–H groups in total. The first-order valence-corrected chi connectivity index (χ1v) is 16.8. The normalized spacial score (nSPS) is 20.1. The summed E-state index contributed by atoms with van der Waals surface area (Å²) in [6.45, 7) is 0. The SMILES string of the molecule is C1=C\C=C2\C=C/C=C\C=C(\C=C/1)C21c2cc(-c3cccc(Cc4ccc(-c5ccccc5)cc4)c3)ccc2-c2ccc3ccccc3c21. The Morgan fingerprint density at radius 2 is 1.06 bits per heavy atom. The maximum absolute atomic E-state index is 2.47. The van der Waals surface area contributed by atoms with Crippen molar-refractivity contribution >= 4 is 10.8 Å². The predicted octanol–water partition coefficient (Wildman–Crippen LogP) is 12.1. The summed E-state index contributed by atoms with van der Waals surface area (Å²) in [7, 11) is 0. The van der Waals surface area contributed by atoms with Gasteiger partial charge in [-0.2, -0.15) is 0 Å². The summed E-state index contributed by atoms with van der Waals surface area (Å²) in [5.41, 5.74) is 15.0. The van der Waals surface area contributed by atoms with E-state index in [1.807, 2.05) is 0 Å². The first kappa shape index (κ1) is 28.3. The first-order chi connectivity index (χ1) is 23.8. The summed E-state index contributed by atoms with van der Waals surface area (Å²) < 4.78 is 0. The summed E-state index contributed by atoms with van der Waals surface area (Å²) >= 11 is 0. The average molecular weight is 611 g/mol. The number of allylic oxidation sites excluding steroid dienone is 12. The summed E-state index contributed by atoms with van der Waals surface area (Å²) in [5.74, 6) is 0. The van der Waals surface area contributed by atoms with Crippen LogP contribution in [0.1, 0.15) is 22.3 Å². The van der Waals surface area contributed by atoms with E-state index in [4.69, 9.17) is 0 Å². The molecule has 0 heterocycles. The van der Waals surface area contributed by atoms with Gasteiger partial charge >= 0.3 is 0 Å². The number of hydrogen-bond donors (Lipinski definition) is 0. The predicted molar refractivity (Wildman–Crippen MR) is 203 cm³/mol. The Labute approximate surface area is 282 Å². The second kappa shape index (κ2) is 11.7. The number of hydrogen-bond acceptors (Lipinski definition) is 0. The second-order valence-corrected chi connectivity index (χ2v) is 12.9. The molecule has 0 saturated heterocycles. The highest BCUT2D eigenvalue weighted by atomic mass is 14.5. The Morgan fingerprint density at radius 1 is 0.417 bits per heavy atom. The van der Waals surface area contributed by atoms with Crippen LogP contribution in [0.25, 0.3) is 44.2 Å². The van der Waals surface area contributed by atoms with Crippen molar-refractivity contribution in [2.24, 2.45) is 0 Å². The van der Waals surface area contributed by atoms with Gasteiger partial charge in [-0.3, -0.25) is 0 Å². The van der Waals surface area contributed by atoms with Gasteiger partial charge in [-0.1, -0.05) is 188 Å². The molecular formula is C48H34. The molecule has 0 unspecified atom stereocenters. The van der Waals surface area contributed by atoms with Gasteiger partial charge in [-0.15, -0.1) is 0 Å². The smallest absolute Gasteiger partial charge is 0.0622 e. The lowest BCUT2D eigenvalue weighted by molar-refractivity contribution is 0.771. The van der Waals surface area contributed by atoms with Crippen molar-refractivity contribution in [2.45, 2.75) is 11.8 Å². The van der Waals surface area contributed by atoms with Crippen molar-refractivity contribution in [1.82, 2.24) is 0 Å². The standard InChI is InChI=1S/C48H34/c1-4-14-36(15-5-1)37-25-23-34(24-26-37)31-35-13-12-17-39(32-35)40-28-29-44-45-30-27-38-16-10-11-22-43(38)47(45)48(46(44)33-40)41-18-6-2-7-19-42(48)21-9-3-8-20-41/h1-30,32-33H,31H2/b6-2-,7-2?,8-3?,9-3-,18-6?,19-7-,20-8-,21-9?,41-18-,41-20?,42-19?,42-21-. The summed E-state index contributed by atoms with van der Waals surface area (Å²) in [6, 6.07) is 49.3. The van der Waals surface area contributed by atoms with Crippen LogP contribution in [-0.4, -0.2) is 0 Å². The van der Waals surface area contributed by atoms with Crippen LogP contribution in [0.2, 0.25) is 0 Å². The van der Waals surface area contributed by atoms with Crippen LogP contribution in [0, 0.1) is 0 Å². The second-order valence-electron chi connectivity index (χ2n) is 12.9. The Morgan fingerprint density at radius 3 is 1.85 bits per heavy atom. The van der Waals surface area contributed by atoms with Crippen LogP contribution in [0.3, 0.4) is 0 Å². The Kier molecular flexibility index (Phi) is 6.87. The van der Waals surface area contributed by atoms with Crippen molar-refractivity contribution in [2.75, 3.05) is 0 Å². The summed E-state index contributed by atoms with van der Waals surface area (Å²) in [5, 5.41) is 2.57. The summed E-state index contributed by atoms with van der Waals surface area (Å²) in [6.07, 6.45) is 23.1. The number of rotatable bonds is 4. The van der Waals surface area contributed by atoms with Gasteiger partial charge in [0.15, 0.2) is 0 Å². The zero-order chi connectivity index (χ0) is 31.9. The van der Waals surface area contributed by atoms with E-state index in [0.29, 0.717) is 0 Å². The van der Waals surface area contributed by atoms with E-state index < -0.39 is 5.41 Å². The van der Waals surface area contributed by atoms with Crippen LogP contribution in [0.15, 0.2) is 205 Å². The van der Waals surface area contributed by atoms with Gasteiger partial charge in [0.2, 0.25) is 0 Å². The zero-order valence-corrected chi connectivity index (χ0v) is 26.7. The van der Waals surface area contributed by atoms with E-state index in [1.165, 1.54) is 77.6 Å². The fourth-order valence-electron chi connectivity index (χ4n) is 7.99. The Bertz CT molecular complexity index is 2350. The highest BCUT2D eigenvalue weighted by Gasteiger charge is 2.48. The van der Waals surface area contributed by atoms with E-state index in [1.54, 1.807) is 0 Å². The van der Waals surface area contributed by atoms with Gasteiger partial charge in [0.1, 0.15) is 0 Å². The first-order valence-electron chi connectivity index (χ1n) is 16.8. The third-order valence-electron chi connectivity index (χ3n) is 10.2. The Hall–Kier alpha value is -5.98. The lowest BCUT2D eigenvalue weighted by Crippen LogP contribution is -2.30. The largest absolute Gasteiger partial charge is 0.0719 e. The fourth-order valence-corrected chi connectivity index (χ4v) is 7.99. The third-order valence-corrected chi connectivity index (χ3v) is 10.2. The van der Waals surface area contributed by atoms with Crippen LogP contribution in [0.5, 0.6) is 0 Å². The molecule has 3 aliphatic rings. The van der Waals surface area contributed by atoms with Crippen LogP contribution >= 0.6 is 0 Å². The van der Waals surface area contributed by atoms with E-state index >= 15 is 0 Å². The molecule has 0 nitrogen and oxygen atoms in total. The van der Waals surface area contributed by atoms with Gasteiger partial charge < -0.3 is 0 Å². The lowest BCUT2D eigenvalue weighted by Gasteiger charge is -2.37. The minimum atomic E-state index is -0.456. The van der Waals surface area contributed by atoms with E-state index in [2.05, 4.69) is 194 Å². The van der Waals surface area contributed by atoms with Gasteiger partial charge in [0.05, 0.1) is 5.41 Å². The minimum Gasteiger partial charge on any atom is -0.0622 e. The maximum atomic E-state index is 2.47. The molecule has 3 aliphatic carbocycles. The molecule has 1 spiro atoms. The van der Waals surface area contributed by atoms with Gasteiger partial charge in [-0.25, -0.2) is 0 Å². The van der Waals surface area contributed by atoms with Crippen molar-refractivity contribution in [1.29, 1.82) is 0 Å². The molecule has 0 amide bonds. The molecule has 0 aliphatic heterocycles. The molecule has 226 valence electrons. The van der Waals surface area contributed by atoms with Gasteiger partial charge in [-0.05, 0) is 90.0 Å². The molecule has 0 atom stereocenters. The topological polar surface area (TPSA) is 0 Å². The highest BCUT2D eigenvalue weighted by Crippen LogP contribution is 2.60. The molecule has 2 bridgehead atoms. The Balaban J connectivity index is 1.18. The molecular weight excluding hydrogens is 577 g/mol. The van der Waals surface area contributed by atoms with Crippen molar-refractivity contribution in [3.8, 4) is 33.4 Å². The molecule has 0 radical (unpaired) electrons. The maximum Gasteiger partial charge on any atom is 0.0719 e. The monoisotopic (exact) mass is 610 g/mol. The molecule has 0 saturated carbocycles. The number of benzene rings is 6. The van der Waals surface area contributed by atoms with E-state index in [-0.39, 0.29) is 0 Å². The van der Waals surface area contributed by atoms with Crippen molar-refractivity contribution in [3.05, 3.63) is 228 Å². The van der Waals surface area contributed by atoms with E-state index in [0.717, 1.165) is 6.42 Å². The van der Waals surface area contributed by atoms with Crippen molar-refractivity contribution < 1.29 is 0 Å². The lowest BCUT2D eigenvalue weighted by atomic mass is 9.64. The van der Waals surface area contributed by atoms with Crippen LogP contribution < -0.4 is 0 Å². The van der Waals surface area contributed by atoms with Gasteiger partial charge in [0.25, 0.3) is 0 Å². The van der Waals surface area contributed by atoms with Gasteiger partial charge in [0, 0.05) is 0 Å². The quantitative estimate of drug-likeness (QED) is 0.186. The number of fused-ring (bicyclic) bond motifs is 5. The molecule has 9 rings (SSSR count). The summed E-state index contributed by atoms with van der Waals surface area (Å²) in [4.78, 5) is 0. The fraction of sp³-hybridized carbons (Fsp3) is 0.0417. The van der Waals surface area contributed by atoms with E-state index in [9.17, 15) is 0 Å². The highest BCUT2D eigenvalue weighted by molar-refractivity contribution is 6.01. The average Bonchev–Trinajstić information content (AvgIpc) is 3.43. The molecule has 0 fully saturated rings. The zero-order valence-electron chi connectivity index (χ0n) is 26.7. The van der Waals surface area contributed by atoms with Crippen LogP contribution in [0.4, 0.5) is 0 Å². The molecule has 0 aromatic heterocycles.